The van der Waals surface area contributed by atoms with Gasteiger partial charge in [0.1, 0.15) is 5.65 Å². The van der Waals surface area contributed by atoms with E-state index in [0.717, 1.165) is 40.3 Å². The van der Waals surface area contributed by atoms with E-state index < -0.39 is 0 Å². The average molecular weight is 357 g/mol. The van der Waals surface area contributed by atoms with Gasteiger partial charge in [-0.1, -0.05) is 48.2 Å². The zero-order valence-electron chi connectivity index (χ0n) is 13.3. The molecule has 3 rings (SSSR count). The fraction of sp³-hybridized carbons (Fsp3) is 0.167. The molecule has 0 aliphatic heterocycles. The highest BCUT2D eigenvalue weighted by molar-refractivity contribution is 7.98. The van der Waals surface area contributed by atoms with E-state index in [1.807, 2.05) is 36.9 Å². The van der Waals surface area contributed by atoms with Crippen LogP contribution in [0.1, 0.15) is 11.1 Å². The third kappa shape index (κ3) is 3.68. The second kappa shape index (κ2) is 7.64. The molecule has 24 heavy (non-hydrogen) atoms. The third-order valence-corrected chi connectivity index (χ3v) is 4.38. The molecule has 0 fully saturated rings. The summed E-state index contributed by atoms with van der Waals surface area (Å²) in [6.07, 6.45) is 16.0. The maximum Gasteiger partial charge on any atom is 0.187 e. The van der Waals surface area contributed by atoms with Crippen molar-refractivity contribution in [3.05, 3.63) is 71.8 Å². The Morgan fingerprint density at radius 3 is 2.75 bits per heavy atom. The monoisotopic (exact) mass is 356 g/mol. The van der Waals surface area contributed by atoms with E-state index in [2.05, 4.69) is 32.3 Å². The molecule has 0 saturated carbocycles. The molecule has 0 aromatic carbocycles. The molecule has 0 aliphatic carbocycles. The van der Waals surface area contributed by atoms with Gasteiger partial charge in [0, 0.05) is 43.1 Å². The minimum atomic E-state index is 0.636. The summed E-state index contributed by atoms with van der Waals surface area (Å²) >= 11 is 7.68. The Hall–Kier alpha value is -2.11. The van der Waals surface area contributed by atoms with Crippen LogP contribution in [-0.4, -0.2) is 25.8 Å². The first-order valence-electron chi connectivity index (χ1n) is 7.47. The summed E-state index contributed by atoms with van der Waals surface area (Å²) in [7, 11) is 0. The molecule has 0 radical (unpaired) electrons. The predicted molar refractivity (Wildman–Crippen MR) is 101 cm³/mol. The molecule has 0 unspecified atom stereocenters. The van der Waals surface area contributed by atoms with Gasteiger partial charge in [-0.25, -0.2) is 15.0 Å². The molecule has 0 spiro atoms. The van der Waals surface area contributed by atoms with E-state index in [9.17, 15) is 0 Å². The number of hydrogen-bond donors (Lipinski definition) is 0. The highest BCUT2D eigenvalue weighted by atomic mass is 35.5. The van der Waals surface area contributed by atoms with Gasteiger partial charge < -0.3 is 4.57 Å². The summed E-state index contributed by atoms with van der Waals surface area (Å²) in [5.74, 6) is 0. The van der Waals surface area contributed by atoms with E-state index in [1.165, 1.54) is 11.8 Å². The van der Waals surface area contributed by atoms with Crippen LogP contribution in [0.2, 0.25) is 5.02 Å². The number of fused-ring (bicyclic) bond motifs is 1. The lowest BCUT2D eigenvalue weighted by atomic mass is 10.1. The highest BCUT2D eigenvalue weighted by Crippen LogP contribution is 2.25. The minimum Gasteiger partial charge on any atom is -0.328 e. The first-order chi connectivity index (χ1) is 11.7. The van der Waals surface area contributed by atoms with Gasteiger partial charge >= 0.3 is 0 Å². The molecule has 122 valence electrons. The van der Waals surface area contributed by atoms with Gasteiger partial charge in [0.15, 0.2) is 5.16 Å². The number of nitrogens with zero attached hydrogens (tertiary/aromatic N) is 4. The summed E-state index contributed by atoms with van der Waals surface area (Å²) in [4.78, 5) is 13.2. The van der Waals surface area contributed by atoms with Crippen LogP contribution in [0.25, 0.3) is 11.0 Å². The number of pyridine rings is 1. The maximum atomic E-state index is 6.14. The number of hydrogen-bond acceptors (Lipinski definition) is 4. The zero-order valence-corrected chi connectivity index (χ0v) is 14.9. The quantitative estimate of drug-likeness (QED) is 0.369. The second-order valence-electron chi connectivity index (χ2n) is 5.25. The van der Waals surface area contributed by atoms with Crippen molar-refractivity contribution in [1.29, 1.82) is 0 Å². The first-order valence-corrected chi connectivity index (χ1v) is 9.07. The largest absolute Gasteiger partial charge is 0.328 e. The van der Waals surface area contributed by atoms with Crippen LogP contribution < -0.4 is 0 Å². The zero-order chi connectivity index (χ0) is 16.9. The smallest absolute Gasteiger partial charge is 0.187 e. The molecule has 0 atom stereocenters. The molecule has 3 aromatic rings. The lowest BCUT2D eigenvalue weighted by molar-refractivity contribution is 0.844. The maximum absolute atomic E-state index is 6.14. The summed E-state index contributed by atoms with van der Waals surface area (Å²) in [5, 5.41) is 2.47. The van der Waals surface area contributed by atoms with Gasteiger partial charge in [0.05, 0.1) is 5.02 Å². The number of rotatable bonds is 6. The van der Waals surface area contributed by atoms with Gasteiger partial charge in [0.25, 0.3) is 0 Å². The molecule has 0 N–H and O–H groups in total. The van der Waals surface area contributed by atoms with Gasteiger partial charge in [-0.15, -0.1) is 0 Å². The van der Waals surface area contributed by atoms with Crippen LogP contribution >= 0.6 is 23.4 Å². The lowest BCUT2D eigenvalue weighted by Crippen LogP contribution is -1.94. The molecular weight excluding hydrogens is 340 g/mol. The summed E-state index contributed by atoms with van der Waals surface area (Å²) < 4.78 is 2.11. The predicted octanol–water partition coefficient (Wildman–Crippen LogP) is 4.53. The van der Waals surface area contributed by atoms with Crippen LogP contribution in [0.5, 0.6) is 0 Å². The van der Waals surface area contributed by atoms with Crippen LogP contribution in [-0.2, 0) is 13.0 Å². The Kier molecular flexibility index (Phi) is 5.33. The minimum absolute atomic E-state index is 0.636. The summed E-state index contributed by atoms with van der Waals surface area (Å²) in [5.41, 5.74) is 3.14. The van der Waals surface area contributed by atoms with E-state index in [4.69, 9.17) is 11.6 Å². The van der Waals surface area contributed by atoms with E-state index >= 15 is 0 Å². The molecule has 0 amide bonds. The molecule has 3 aromatic heterocycles. The number of allylic oxidation sites excluding steroid dienone is 3. The highest BCUT2D eigenvalue weighted by Gasteiger charge is 2.11. The van der Waals surface area contributed by atoms with E-state index in [0.29, 0.717) is 5.02 Å². The fourth-order valence-electron chi connectivity index (χ4n) is 2.53. The first kappa shape index (κ1) is 16.7. The third-order valence-electron chi connectivity index (χ3n) is 3.60. The van der Waals surface area contributed by atoms with Crippen molar-refractivity contribution in [2.24, 2.45) is 0 Å². The van der Waals surface area contributed by atoms with Gasteiger partial charge in [-0.2, -0.15) is 0 Å². The number of thioether (sulfide) groups is 1. The lowest BCUT2D eigenvalue weighted by Gasteiger charge is -2.01. The molecule has 6 heteroatoms. The van der Waals surface area contributed by atoms with Crippen LogP contribution in [0.3, 0.4) is 0 Å². The van der Waals surface area contributed by atoms with Crippen LogP contribution in [0, 0.1) is 0 Å². The Balaban J connectivity index is 1.97. The average Bonchev–Trinajstić information content (AvgIpc) is 2.93. The molecule has 4 nitrogen and oxygen atoms in total. The van der Waals surface area contributed by atoms with Crippen molar-refractivity contribution < 1.29 is 0 Å². The van der Waals surface area contributed by atoms with Crippen molar-refractivity contribution in [2.75, 3.05) is 6.26 Å². The molecular formula is C18H17ClN4S. The summed E-state index contributed by atoms with van der Waals surface area (Å²) in [6.45, 7) is 4.43. The Labute approximate surface area is 150 Å². The standard InChI is InChI=1S/C18H17ClN4S/c1-3-4-5-6-23-12-14(16-8-15(19)11-20-17(16)23)7-13-9-21-18(24-2)22-10-13/h3-5,8-12H,1,6-7H2,2H3/b5-4+. The van der Waals surface area contributed by atoms with Gasteiger partial charge in [-0.05, 0) is 23.4 Å². The van der Waals surface area contributed by atoms with Crippen molar-refractivity contribution >= 4 is 34.4 Å². The Morgan fingerprint density at radius 1 is 1.25 bits per heavy atom. The molecule has 0 bridgehead atoms. The molecule has 0 aliphatic rings. The topological polar surface area (TPSA) is 43.6 Å². The SMILES string of the molecule is C=C/C=C/Cn1cc(Cc2cnc(SC)nc2)c2cc(Cl)cnc21. The normalized spacial score (nSPS) is 11.4. The second-order valence-corrected chi connectivity index (χ2v) is 6.46. The van der Waals surface area contributed by atoms with E-state index in [1.54, 1.807) is 12.3 Å². The molecule has 3 heterocycles. The van der Waals surface area contributed by atoms with E-state index in [-0.39, 0.29) is 0 Å². The van der Waals surface area contributed by atoms with Crippen LogP contribution in [0.4, 0.5) is 0 Å². The van der Waals surface area contributed by atoms with Crippen molar-refractivity contribution in [1.82, 2.24) is 19.5 Å². The van der Waals surface area contributed by atoms with Crippen molar-refractivity contribution in [3.8, 4) is 0 Å². The Morgan fingerprint density at radius 2 is 2.04 bits per heavy atom. The fourth-order valence-corrected chi connectivity index (χ4v) is 3.00. The number of aromatic nitrogens is 4. The Bertz CT molecular complexity index is 884. The van der Waals surface area contributed by atoms with Gasteiger partial charge in [-0.3, -0.25) is 0 Å². The molecule has 0 saturated heterocycles. The summed E-state index contributed by atoms with van der Waals surface area (Å²) in [6, 6.07) is 1.96. The number of halogens is 1. The van der Waals surface area contributed by atoms with Crippen molar-refractivity contribution in [2.45, 2.75) is 18.1 Å². The van der Waals surface area contributed by atoms with Crippen molar-refractivity contribution in [3.63, 3.8) is 0 Å². The van der Waals surface area contributed by atoms with Crippen LogP contribution in [0.15, 0.2) is 60.8 Å². The van der Waals surface area contributed by atoms with Gasteiger partial charge in [0.2, 0.25) is 0 Å².